The number of halogens is 4. The summed E-state index contributed by atoms with van der Waals surface area (Å²) in [7, 11) is 1.67. The average molecular weight is 296 g/mol. The molecule has 0 N–H and O–H groups in total. The summed E-state index contributed by atoms with van der Waals surface area (Å²) in [6, 6.07) is 7.42. The van der Waals surface area contributed by atoms with Crippen molar-refractivity contribution in [1.82, 2.24) is 0 Å². The maximum Gasteiger partial charge on any atom is 0.390 e. The molecule has 1 aromatic carbocycles. The van der Waals surface area contributed by atoms with Crippen LogP contribution in [0.4, 0.5) is 18.9 Å². The molecule has 0 heterocycles. The highest BCUT2D eigenvalue weighted by Gasteiger charge is 2.27. The lowest BCUT2D eigenvalue weighted by Crippen LogP contribution is -2.24. The normalized spacial score (nSPS) is 11.6. The van der Waals surface area contributed by atoms with Gasteiger partial charge in [-0.15, -0.1) is 0 Å². The highest BCUT2D eigenvalue weighted by molar-refractivity contribution is 9.08. The standard InChI is InChI=1S/C11H13BrF3N/c1-16(7-6-11(13,14)15)10-5-3-2-4-9(10)8-12/h2-5H,6-8H2,1H3. The van der Waals surface area contributed by atoms with Crippen molar-refractivity contribution in [2.24, 2.45) is 0 Å². The van der Waals surface area contributed by atoms with Crippen LogP contribution in [0, 0.1) is 0 Å². The van der Waals surface area contributed by atoms with Crippen LogP contribution in [0.1, 0.15) is 12.0 Å². The van der Waals surface area contributed by atoms with Crippen molar-refractivity contribution < 1.29 is 13.2 Å². The lowest BCUT2D eigenvalue weighted by Gasteiger charge is -2.22. The van der Waals surface area contributed by atoms with Gasteiger partial charge in [0.25, 0.3) is 0 Å². The number of para-hydroxylation sites is 1. The number of hydrogen-bond donors (Lipinski definition) is 0. The first-order chi connectivity index (χ1) is 7.44. The molecule has 1 nitrogen and oxygen atoms in total. The van der Waals surface area contributed by atoms with Gasteiger partial charge in [-0.25, -0.2) is 0 Å². The summed E-state index contributed by atoms with van der Waals surface area (Å²) in [5.74, 6) is 0. The molecule has 0 aliphatic carbocycles. The minimum Gasteiger partial charge on any atom is -0.374 e. The molecule has 1 aromatic rings. The van der Waals surface area contributed by atoms with Gasteiger partial charge < -0.3 is 4.90 Å². The minimum atomic E-state index is -4.10. The van der Waals surface area contributed by atoms with Crippen molar-refractivity contribution in [3.8, 4) is 0 Å². The van der Waals surface area contributed by atoms with Crippen LogP contribution >= 0.6 is 15.9 Å². The zero-order valence-electron chi connectivity index (χ0n) is 8.89. The molecule has 0 saturated carbocycles. The van der Waals surface area contributed by atoms with Crippen LogP contribution in [0.15, 0.2) is 24.3 Å². The lowest BCUT2D eigenvalue weighted by atomic mass is 10.2. The Kier molecular flexibility index (Phi) is 4.65. The molecule has 0 spiro atoms. The zero-order chi connectivity index (χ0) is 12.2. The topological polar surface area (TPSA) is 3.24 Å². The van der Waals surface area contributed by atoms with E-state index in [0.717, 1.165) is 11.3 Å². The molecule has 0 aliphatic heterocycles. The Morgan fingerprint density at radius 2 is 1.88 bits per heavy atom. The molecule has 90 valence electrons. The average Bonchev–Trinajstić information content (AvgIpc) is 2.25. The first-order valence-electron chi connectivity index (χ1n) is 4.86. The van der Waals surface area contributed by atoms with Crippen LogP contribution in [0.5, 0.6) is 0 Å². The molecule has 0 aromatic heterocycles. The Hall–Kier alpha value is -0.710. The largest absolute Gasteiger partial charge is 0.390 e. The van der Waals surface area contributed by atoms with E-state index in [-0.39, 0.29) is 6.54 Å². The second-order valence-corrected chi connectivity index (χ2v) is 4.11. The maximum atomic E-state index is 12.1. The monoisotopic (exact) mass is 295 g/mol. The summed E-state index contributed by atoms with van der Waals surface area (Å²) in [6.45, 7) is -0.0203. The summed E-state index contributed by atoms with van der Waals surface area (Å²) in [4.78, 5) is 1.63. The molecular formula is C11H13BrF3N. The minimum absolute atomic E-state index is 0.0203. The van der Waals surface area contributed by atoms with Gasteiger partial charge in [0.2, 0.25) is 0 Å². The van der Waals surface area contributed by atoms with Gasteiger partial charge in [0.05, 0.1) is 6.42 Å². The van der Waals surface area contributed by atoms with Gasteiger partial charge in [0.15, 0.2) is 0 Å². The quantitative estimate of drug-likeness (QED) is 0.760. The van der Waals surface area contributed by atoms with Crippen LogP contribution in [0.2, 0.25) is 0 Å². The van der Waals surface area contributed by atoms with E-state index in [0.29, 0.717) is 5.33 Å². The van der Waals surface area contributed by atoms with Gasteiger partial charge in [-0.2, -0.15) is 13.2 Å². The molecule has 5 heteroatoms. The first kappa shape index (κ1) is 13.4. The maximum absolute atomic E-state index is 12.1. The van der Waals surface area contributed by atoms with Crippen molar-refractivity contribution in [2.45, 2.75) is 17.9 Å². The zero-order valence-corrected chi connectivity index (χ0v) is 10.5. The Labute approximate surface area is 101 Å². The van der Waals surface area contributed by atoms with E-state index in [2.05, 4.69) is 15.9 Å². The fourth-order valence-corrected chi connectivity index (χ4v) is 1.89. The van der Waals surface area contributed by atoms with E-state index in [4.69, 9.17) is 0 Å². The fourth-order valence-electron chi connectivity index (χ4n) is 1.41. The molecular weight excluding hydrogens is 283 g/mol. The first-order valence-corrected chi connectivity index (χ1v) is 5.98. The Balaban J connectivity index is 2.69. The van der Waals surface area contributed by atoms with E-state index in [1.165, 1.54) is 0 Å². The summed E-state index contributed by atoms with van der Waals surface area (Å²) in [5, 5.41) is 0.638. The summed E-state index contributed by atoms with van der Waals surface area (Å²) >= 11 is 3.32. The molecule has 0 fully saturated rings. The van der Waals surface area contributed by atoms with E-state index in [9.17, 15) is 13.2 Å². The summed E-state index contributed by atoms with van der Waals surface area (Å²) < 4.78 is 36.2. The van der Waals surface area contributed by atoms with Gasteiger partial charge in [0, 0.05) is 24.6 Å². The molecule has 0 amide bonds. The van der Waals surface area contributed by atoms with Crippen molar-refractivity contribution in [1.29, 1.82) is 0 Å². The highest BCUT2D eigenvalue weighted by atomic mass is 79.9. The third-order valence-electron chi connectivity index (χ3n) is 2.28. The Morgan fingerprint density at radius 1 is 1.25 bits per heavy atom. The van der Waals surface area contributed by atoms with Gasteiger partial charge in [-0.05, 0) is 11.6 Å². The molecule has 1 rings (SSSR count). The summed E-state index contributed by atoms with van der Waals surface area (Å²) in [5.41, 5.74) is 1.83. The SMILES string of the molecule is CN(CCC(F)(F)F)c1ccccc1CBr. The smallest absolute Gasteiger partial charge is 0.374 e. The second-order valence-electron chi connectivity index (χ2n) is 3.55. The highest BCUT2D eigenvalue weighted by Crippen LogP contribution is 2.24. The van der Waals surface area contributed by atoms with Gasteiger partial charge in [-0.1, -0.05) is 34.1 Å². The van der Waals surface area contributed by atoms with Crippen LogP contribution in [0.25, 0.3) is 0 Å². The Morgan fingerprint density at radius 3 is 2.44 bits per heavy atom. The molecule has 16 heavy (non-hydrogen) atoms. The van der Waals surface area contributed by atoms with Crippen molar-refractivity contribution in [3.63, 3.8) is 0 Å². The van der Waals surface area contributed by atoms with Crippen LogP contribution in [-0.2, 0) is 5.33 Å². The van der Waals surface area contributed by atoms with Crippen molar-refractivity contribution in [2.75, 3.05) is 18.5 Å². The van der Waals surface area contributed by atoms with Crippen LogP contribution in [0.3, 0.4) is 0 Å². The number of benzene rings is 1. The number of rotatable bonds is 4. The van der Waals surface area contributed by atoms with Gasteiger partial charge in [0.1, 0.15) is 0 Å². The van der Waals surface area contributed by atoms with Crippen molar-refractivity contribution in [3.05, 3.63) is 29.8 Å². The number of alkyl halides is 4. The summed E-state index contributed by atoms with van der Waals surface area (Å²) in [6.07, 6.45) is -4.89. The van der Waals surface area contributed by atoms with E-state index >= 15 is 0 Å². The molecule has 0 aliphatic rings. The third kappa shape index (κ3) is 4.04. The third-order valence-corrected chi connectivity index (χ3v) is 2.88. The van der Waals surface area contributed by atoms with Gasteiger partial charge >= 0.3 is 6.18 Å². The lowest BCUT2D eigenvalue weighted by molar-refractivity contribution is -0.132. The van der Waals surface area contributed by atoms with E-state index in [1.54, 1.807) is 11.9 Å². The molecule has 0 saturated heterocycles. The Bertz CT molecular complexity index is 338. The van der Waals surface area contributed by atoms with Crippen LogP contribution < -0.4 is 4.90 Å². The van der Waals surface area contributed by atoms with Crippen molar-refractivity contribution >= 4 is 21.6 Å². The molecule has 0 unspecified atom stereocenters. The van der Waals surface area contributed by atoms with E-state index < -0.39 is 12.6 Å². The van der Waals surface area contributed by atoms with Crippen LogP contribution in [-0.4, -0.2) is 19.8 Å². The molecule has 0 bridgehead atoms. The second kappa shape index (κ2) is 5.57. The fraction of sp³-hybridized carbons (Fsp3) is 0.455. The van der Waals surface area contributed by atoms with Gasteiger partial charge in [-0.3, -0.25) is 0 Å². The number of nitrogens with zero attached hydrogens (tertiary/aromatic N) is 1. The number of hydrogen-bond acceptors (Lipinski definition) is 1. The predicted octanol–water partition coefficient (Wildman–Crippen LogP) is 3.97. The predicted molar refractivity (Wildman–Crippen MR) is 63.0 cm³/mol. The molecule has 0 atom stereocenters. The van der Waals surface area contributed by atoms with E-state index in [1.807, 2.05) is 24.3 Å². The number of anilines is 1. The molecule has 0 radical (unpaired) electrons.